The summed E-state index contributed by atoms with van der Waals surface area (Å²) in [7, 11) is 1.31. The van der Waals surface area contributed by atoms with E-state index in [0.717, 1.165) is 19.5 Å². The van der Waals surface area contributed by atoms with Crippen LogP contribution < -0.4 is 10.0 Å². The fourth-order valence-electron chi connectivity index (χ4n) is 1.18. The van der Waals surface area contributed by atoms with E-state index in [1.54, 1.807) is 0 Å². The van der Waals surface area contributed by atoms with Gasteiger partial charge < -0.3 is 5.32 Å². The van der Waals surface area contributed by atoms with Crippen LogP contribution in [0, 0.1) is 5.92 Å². The van der Waals surface area contributed by atoms with Gasteiger partial charge in [-0.1, -0.05) is 11.7 Å². The number of carbonyl (C=O) groups excluding carboxylic acids is 1. The average molecular weight is 192 g/mol. The van der Waals surface area contributed by atoms with Gasteiger partial charge in [0.25, 0.3) is 0 Å². The molecule has 3 nitrogen and oxygen atoms in total. The quantitative estimate of drug-likeness (QED) is 0.348. The van der Waals surface area contributed by atoms with Crippen molar-refractivity contribution in [2.45, 2.75) is 12.8 Å². The third-order valence-electron chi connectivity index (χ3n) is 1.79. The van der Waals surface area contributed by atoms with Crippen molar-refractivity contribution in [1.29, 1.82) is 0 Å². The maximum absolute atomic E-state index is 10.9. The molecule has 0 spiro atoms. The van der Waals surface area contributed by atoms with Gasteiger partial charge in [0.2, 0.25) is 5.91 Å². The maximum Gasteiger partial charge on any atom is 0.220 e. The highest BCUT2D eigenvalue weighted by molar-refractivity contribution is 8.67. The van der Waals surface area contributed by atoms with E-state index in [-0.39, 0.29) is 5.91 Å². The number of thiol groups is 1. The molecule has 1 fully saturated rings. The van der Waals surface area contributed by atoms with Crippen LogP contribution in [0.1, 0.15) is 12.8 Å². The number of piperidine rings is 1. The normalized spacial score (nSPS) is 24.8. The first-order valence-electron chi connectivity index (χ1n) is 3.63. The van der Waals surface area contributed by atoms with Gasteiger partial charge in [-0.05, 0) is 23.3 Å². The van der Waals surface area contributed by atoms with E-state index < -0.39 is 0 Å². The molecule has 1 aliphatic heterocycles. The van der Waals surface area contributed by atoms with E-state index >= 15 is 0 Å². The van der Waals surface area contributed by atoms with Crippen molar-refractivity contribution in [3.05, 3.63) is 0 Å². The van der Waals surface area contributed by atoms with E-state index in [1.807, 2.05) is 0 Å². The molecule has 0 radical (unpaired) electrons. The molecule has 0 saturated carbocycles. The van der Waals surface area contributed by atoms with Gasteiger partial charge in [0.1, 0.15) is 0 Å². The summed E-state index contributed by atoms with van der Waals surface area (Å²) in [6, 6.07) is 0. The molecule has 0 bridgehead atoms. The lowest BCUT2D eigenvalue weighted by molar-refractivity contribution is -0.123. The van der Waals surface area contributed by atoms with Crippen molar-refractivity contribution in [2.75, 3.05) is 13.1 Å². The Morgan fingerprint density at radius 2 is 2.64 bits per heavy atom. The molecule has 1 heterocycles. The van der Waals surface area contributed by atoms with Gasteiger partial charge in [-0.2, -0.15) is 0 Å². The summed E-state index contributed by atoms with van der Waals surface area (Å²) in [6.45, 7) is 1.70. The zero-order valence-electron chi connectivity index (χ0n) is 6.17. The predicted octanol–water partition coefficient (Wildman–Crippen LogP) is 0.595. The largest absolute Gasteiger partial charge is 0.356 e. The second kappa shape index (κ2) is 4.90. The lowest BCUT2D eigenvalue weighted by atomic mass is 9.98. The van der Waals surface area contributed by atoms with E-state index in [0.29, 0.717) is 12.3 Å². The van der Waals surface area contributed by atoms with Gasteiger partial charge >= 0.3 is 0 Å². The molecule has 64 valence electrons. The van der Waals surface area contributed by atoms with Crippen LogP contribution in [0.15, 0.2) is 0 Å². The Hall–Kier alpha value is 0.130. The molecule has 5 heteroatoms. The molecule has 1 unspecified atom stereocenters. The van der Waals surface area contributed by atoms with Gasteiger partial charge in [0, 0.05) is 19.5 Å². The second-order valence-corrected chi connectivity index (χ2v) is 3.67. The van der Waals surface area contributed by atoms with Crippen molar-refractivity contribution in [3.63, 3.8) is 0 Å². The van der Waals surface area contributed by atoms with Crippen LogP contribution in [0.3, 0.4) is 0 Å². The minimum absolute atomic E-state index is 0.173. The molecule has 11 heavy (non-hydrogen) atoms. The standard InChI is InChI=1S/C6H12N2OS2/c9-6-3-5(1-2-7-6)4-8-11-10/h5,8,10H,1-4H2,(H,7,9). The second-order valence-electron chi connectivity index (χ2n) is 2.65. The Labute approximate surface area is 75.6 Å². The van der Waals surface area contributed by atoms with Crippen LogP contribution in [0.2, 0.25) is 0 Å². The molecule has 0 aromatic heterocycles. The molecular formula is C6H12N2OS2. The summed E-state index contributed by atoms with van der Waals surface area (Å²) >= 11 is 3.95. The Kier molecular flexibility index (Phi) is 4.11. The van der Waals surface area contributed by atoms with E-state index in [4.69, 9.17) is 0 Å². The van der Waals surface area contributed by atoms with E-state index in [2.05, 4.69) is 21.7 Å². The van der Waals surface area contributed by atoms with Crippen molar-refractivity contribution in [2.24, 2.45) is 5.92 Å². The van der Waals surface area contributed by atoms with Crippen LogP contribution in [0.25, 0.3) is 0 Å². The van der Waals surface area contributed by atoms with Crippen LogP contribution >= 0.6 is 22.6 Å². The minimum Gasteiger partial charge on any atom is -0.356 e. The number of amides is 1. The first-order valence-corrected chi connectivity index (χ1v) is 5.50. The third kappa shape index (κ3) is 3.35. The summed E-state index contributed by atoms with van der Waals surface area (Å²) in [5, 5.41) is 2.80. The number of hydrogen-bond donors (Lipinski definition) is 3. The molecular weight excluding hydrogens is 180 g/mol. The summed E-state index contributed by atoms with van der Waals surface area (Å²) < 4.78 is 3.04. The van der Waals surface area contributed by atoms with Crippen molar-refractivity contribution >= 4 is 28.5 Å². The summed E-state index contributed by atoms with van der Waals surface area (Å²) in [5.41, 5.74) is 0. The molecule has 1 saturated heterocycles. The van der Waals surface area contributed by atoms with E-state index in [1.165, 1.54) is 11.0 Å². The topological polar surface area (TPSA) is 41.1 Å². The number of rotatable bonds is 3. The zero-order valence-corrected chi connectivity index (χ0v) is 7.88. The fourth-order valence-corrected chi connectivity index (χ4v) is 1.72. The lowest BCUT2D eigenvalue weighted by Crippen LogP contribution is -2.36. The Morgan fingerprint density at radius 3 is 3.27 bits per heavy atom. The molecule has 2 N–H and O–H groups in total. The van der Waals surface area contributed by atoms with Crippen LogP contribution in [-0.4, -0.2) is 19.0 Å². The van der Waals surface area contributed by atoms with Gasteiger partial charge in [0.05, 0.1) is 0 Å². The van der Waals surface area contributed by atoms with Crippen LogP contribution in [-0.2, 0) is 4.79 Å². The van der Waals surface area contributed by atoms with Gasteiger partial charge in [0.15, 0.2) is 0 Å². The molecule has 0 aliphatic carbocycles. The molecule has 0 aromatic rings. The highest BCUT2D eigenvalue weighted by Gasteiger charge is 2.17. The first-order chi connectivity index (χ1) is 5.33. The van der Waals surface area contributed by atoms with Crippen LogP contribution in [0.4, 0.5) is 0 Å². The zero-order chi connectivity index (χ0) is 8.10. The Morgan fingerprint density at radius 1 is 1.82 bits per heavy atom. The molecule has 1 aliphatic rings. The minimum atomic E-state index is 0.173. The van der Waals surface area contributed by atoms with Crippen molar-refractivity contribution < 1.29 is 4.79 Å². The van der Waals surface area contributed by atoms with Crippen molar-refractivity contribution in [1.82, 2.24) is 10.0 Å². The highest BCUT2D eigenvalue weighted by atomic mass is 33.1. The summed E-state index contributed by atoms with van der Waals surface area (Å²) in [6.07, 6.45) is 1.73. The molecule has 1 rings (SSSR count). The lowest BCUT2D eigenvalue weighted by Gasteiger charge is -2.21. The van der Waals surface area contributed by atoms with Crippen molar-refractivity contribution in [3.8, 4) is 0 Å². The third-order valence-corrected chi connectivity index (χ3v) is 2.47. The molecule has 0 aromatic carbocycles. The first kappa shape index (κ1) is 9.22. The van der Waals surface area contributed by atoms with E-state index in [9.17, 15) is 4.79 Å². The maximum atomic E-state index is 10.9. The monoisotopic (exact) mass is 192 g/mol. The van der Waals surface area contributed by atoms with Gasteiger partial charge in [-0.15, -0.1) is 0 Å². The number of carbonyl (C=O) groups is 1. The molecule has 1 atom stereocenters. The number of nitrogens with one attached hydrogen (secondary N) is 2. The number of hydrogen-bond acceptors (Lipinski definition) is 4. The smallest absolute Gasteiger partial charge is 0.220 e. The fraction of sp³-hybridized carbons (Fsp3) is 0.833. The summed E-state index contributed by atoms with van der Waals surface area (Å²) in [5.74, 6) is 0.663. The van der Waals surface area contributed by atoms with Gasteiger partial charge in [-0.3, -0.25) is 9.52 Å². The van der Waals surface area contributed by atoms with Gasteiger partial charge in [-0.25, -0.2) is 0 Å². The average Bonchev–Trinajstić information content (AvgIpc) is 2.01. The highest BCUT2D eigenvalue weighted by Crippen LogP contribution is 2.12. The predicted molar refractivity (Wildman–Crippen MR) is 50.3 cm³/mol. The Balaban J connectivity index is 2.17. The Bertz CT molecular complexity index is 143. The summed E-state index contributed by atoms with van der Waals surface area (Å²) in [4.78, 5) is 10.9. The SMILES string of the molecule is O=C1CC(CNSS)CCN1. The molecule has 1 amide bonds. The van der Waals surface area contributed by atoms with Crippen LogP contribution in [0.5, 0.6) is 0 Å².